The lowest BCUT2D eigenvalue weighted by atomic mass is 10.0. The number of aromatic nitrogens is 2. The Morgan fingerprint density at radius 1 is 1.06 bits per heavy atom. The minimum Gasteiger partial charge on any atom is -0.497 e. The van der Waals surface area contributed by atoms with Crippen molar-refractivity contribution in [1.29, 1.82) is 0 Å². The third-order valence-corrected chi connectivity index (χ3v) is 6.07. The van der Waals surface area contributed by atoms with E-state index in [-0.39, 0.29) is 24.4 Å². The lowest BCUT2D eigenvalue weighted by Gasteiger charge is -2.28. The van der Waals surface area contributed by atoms with E-state index in [1.54, 1.807) is 35.7 Å². The third-order valence-electron chi connectivity index (χ3n) is 6.07. The molecule has 1 aliphatic heterocycles. The summed E-state index contributed by atoms with van der Waals surface area (Å²) in [5.74, 6) is 0.990. The number of nitrogens with one attached hydrogen (secondary N) is 1. The third kappa shape index (κ3) is 4.85. The highest BCUT2D eigenvalue weighted by molar-refractivity contribution is 6.08. The van der Waals surface area contributed by atoms with E-state index in [4.69, 9.17) is 9.47 Å². The van der Waals surface area contributed by atoms with Crippen LogP contribution in [-0.2, 0) is 11.2 Å². The van der Waals surface area contributed by atoms with Gasteiger partial charge in [-0.05, 0) is 55.0 Å². The maximum Gasteiger partial charge on any atom is 0.277 e. The molecule has 0 fully saturated rings. The Morgan fingerprint density at radius 2 is 1.71 bits per heavy atom. The average molecular weight is 478 g/mol. The summed E-state index contributed by atoms with van der Waals surface area (Å²) in [5, 5.41) is 7.69. The van der Waals surface area contributed by atoms with Gasteiger partial charge in [-0.15, -0.1) is 5.10 Å². The molecule has 2 heterocycles. The molecule has 9 heteroatoms. The smallest absolute Gasteiger partial charge is 0.277 e. The number of amides is 2. The fourth-order valence-corrected chi connectivity index (χ4v) is 4.06. The molecule has 0 spiro atoms. The Hall–Kier alpha value is -3.85. The zero-order valence-corrected chi connectivity index (χ0v) is 20.7. The zero-order chi connectivity index (χ0) is 25.1. The van der Waals surface area contributed by atoms with Crippen LogP contribution in [0.25, 0.3) is 5.69 Å². The second kappa shape index (κ2) is 10.2. The standard InChI is InChI=1S/C26H31N5O4/c1-17(2)27-16-23(32)29(3)18-6-8-19(9-7-18)30-15-14-22-24(26(30)33)31(28-25(22)35-5)20-10-12-21(34-4)13-11-20/h6-13,17,27H,14-16H2,1-5H3. The Kier molecular flexibility index (Phi) is 7.07. The van der Waals surface area contributed by atoms with Gasteiger partial charge >= 0.3 is 0 Å². The van der Waals surface area contributed by atoms with Crippen LogP contribution in [0.5, 0.6) is 11.6 Å². The van der Waals surface area contributed by atoms with Crippen molar-refractivity contribution < 1.29 is 19.1 Å². The number of ether oxygens (including phenoxy) is 2. The molecule has 35 heavy (non-hydrogen) atoms. The van der Waals surface area contributed by atoms with Crippen LogP contribution in [0.2, 0.25) is 0 Å². The first-order chi connectivity index (χ1) is 16.8. The van der Waals surface area contributed by atoms with Crippen LogP contribution in [0, 0.1) is 0 Å². The van der Waals surface area contributed by atoms with E-state index >= 15 is 0 Å². The number of carbonyl (C=O) groups excluding carboxylic acids is 2. The van der Waals surface area contributed by atoms with E-state index in [0.29, 0.717) is 24.5 Å². The summed E-state index contributed by atoms with van der Waals surface area (Å²) in [6.07, 6.45) is 0.613. The SMILES string of the molecule is COc1ccc(-n2nc(OC)c3c2C(=O)N(c2ccc(N(C)C(=O)CNC(C)C)cc2)CC3)cc1. The molecule has 0 bridgehead atoms. The van der Waals surface area contributed by atoms with E-state index in [9.17, 15) is 9.59 Å². The minimum atomic E-state index is -0.156. The van der Waals surface area contributed by atoms with Gasteiger partial charge in [0.25, 0.3) is 5.91 Å². The highest BCUT2D eigenvalue weighted by Crippen LogP contribution is 2.33. The second-order valence-corrected chi connectivity index (χ2v) is 8.66. The van der Waals surface area contributed by atoms with Gasteiger partial charge in [0.2, 0.25) is 11.8 Å². The van der Waals surface area contributed by atoms with Crippen molar-refractivity contribution in [1.82, 2.24) is 15.1 Å². The minimum absolute atomic E-state index is 0.0272. The first-order valence-electron chi connectivity index (χ1n) is 11.6. The van der Waals surface area contributed by atoms with Crippen molar-refractivity contribution in [3.05, 3.63) is 59.8 Å². The summed E-state index contributed by atoms with van der Waals surface area (Å²) in [6, 6.07) is 15.0. The first kappa shape index (κ1) is 24.3. The fourth-order valence-electron chi connectivity index (χ4n) is 4.06. The van der Waals surface area contributed by atoms with Gasteiger partial charge in [0.15, 0.2) is 0 Å². The Labute approximate surface area is 205 Å². The highest BCUT2D eigenvalue weighted by atomic mass is 16.5. The molecule has 3 aromatic rings. The van der Waals surface area contributed by atoms with Crippen LogP contribution in [0.3, 0.4) is 0 Å². The second-order valence-electron chi connectivity index (χ2n) is 8.66. The molecule has 4 rings (SSSR count). The molecule has 0 atom stereocenters. The Bertz CT molecular complexity index is 1200. The molecule has 1 N–H and O–H groups in total. The van der Waals surface area contributed by atoms with Crippen LogP contribution < -0.4 is 24.6 Å². The number of rotatable bonds is 8. The first-order valence-corrected chi connectivity index (χ1v) is 11.6. The molecule has 1 aliphatic rings. The summed E-state index contributed by atoms with van der Waals surface area (Å²) in [4.78, 5) is 29.4. The predicted octanol–water partition coefficient (Wildman–Crippen LogP) is 3.05. The molecule has 0 aliphatic carbocycles. The Morgan fingerprint density at radius 3 is 2.31 bits per heavy atom. The summed E-state index contributed by atoms with van der Waals surface area (Å²) >= 11 is 0. The maximum absolute atomic E-state index is 13.7. The zero-order valence-electron chi connectivity index (χ0n) is 20.7. The number of fused-ring (bicyclic) bond motifs is 1. The van der Waals surface area contributed by atoms with Gasteiger partial charge in [0.1, 0.15) is 11.4 Å². The van der Waals surface area contributed by atoms with Crippen LogP contribution >= 0.6 is 0 Å². The van der Waals surface area contributed by atoms with Crippen molar-refractivity contribution >= 4 is 23.2 Å². The van der Waals surface area contributed by atoms with Crippen LogP contribution in [0.1, 0.15) is 29.9 Å². The Balaban J connectivity index is 1.59. The molecule has 9 nitrogen and oxygen atoms in total. The molecule has 1 aromatic heterocycles. The quantitative estimate of drug-likeness (QED) is 0.537. The molecule has 0 unspecified atom stereocenters. The summed E-state index contributed by atoms with van der Waals surface area (Å²) in [7, 11) is 4.92. The molecule has 184 valence electrons. The number of carbonyl (C=O) groups is 2. The average Bonchev–Trinajstić information content (AvgIpc) is 3.27. The molecule has 2 aromatic carbocycles. The van der Waals surface area contributed by atoms with Gasteiger partial charge in [-0.2, -0.15) is 0 Å². The van der Waals surface area contributed by atoms with Gasteiger partial charge in [0.05, 0.1) is 26.5 Å². The fraction of sp³-hybridized carbons (Fsp3) is 0.346. The van der Waals surface area contributed by atoms with Crippen molar-refractivity contribution in [2.45, 2.75) is 26.3 Å². The molecule has 0 saturated carbocycles. The predicted molar refractivity (Wildman–Crippen MR) is 135 cm³/mol. The van der Waals surface area contributed by atoms with Gasteiger partial charge in [0, 0.05) is 36.6 Å². The molecule has 0 saturated heterocycles. The molecular weight excluding hydrogens is 446 g/mol. The lowest BCUT2D eigenvalue weighted by molar-refractivity contribution is -0.117. The van der Waals surface area contributed by atoms with E-state index in [0.717, 1.165) is 28.4 Å². The number of anilines is 2. The number of nitrogens with zero attached hydrogens (tertiary/aromatic N) is 4. The van der Waals surface area contributed by atoms with Crippen molar-refractivity contribution in [2.75, 3.05) is 44.2 Å². The van der Waals surface area contributed by atoms with E-state index in [1.807, 2.05) is 62.4 Å². The summed E-state index contributed by atoms with van der Waals surface area (Å²) in [5.41, 5.74) is 3.54. The van der Waals surface area contributed by atoms with Crippen molar-refractivity contribution in [3.63, 3.8) is 0 Å². The maximum atomic E-state index is 13.7. The number of benzene rings is 2. The van der Waals surface area contributed by atoms with Crippen molar-refractivity contribution in [2.24, 2.45) is 0 Å². The number of hydrogen-bond donors (Lipinski definition) is 1. The van der Waals surface area contributed by atoms with Gasteiger partial charge in [-0.3, -0.25) is 9.59 Å². The van der Waals surface area contributed by atoms with Crippen LogP contribution in [0.4, 0.5) is 11.4 Å². The van der Waals surface area contributed by atoms with Crippen LogP contribution in [0.15, 0.2) is 48.5 Å². The topological polar surface area (TPSA) is 88.9 Å². The number of methoxy groups -OCH3 is 2. The van der Waals surface area contributed by atoms with E-state index in [1.165, 1.54) is 0 Å². The summed E-state index contributed by atoms with van der Waals surface area (Å²) in [6.45, 7) is 4.77. The highest BCUT2D eigenvalue weighted by Gasteiger charge is 2.33. The number of hydrogen-bond acceptors (Lipinski definition) is 6. The van der Waals surface area contributed by atoms with Crippen molar-refractivity contribution in [3.8, 4) is 17.3 Å². The largest absolute Gasteiger partial charge is 0.497 e. The molecule has 2 amide bonds. The van der Waals surface area contributed by atoms with Gasteiger partial charge in [-0.25, -0.2) is 4.68 Å². The molecular formula is C26H31N5O4. The van der Waals surface area contributed by atoms with E-state index in [2.05, 4.69) is 10.4 Å². The van der Waals surface area contributed by atoms with Gasteiger partial charge < -0.3 is 24.6 Å². The number of likely N-dealkylation sites (N-methyl/N-ethyl adjacent to an activating group) is 1. The monoisotopic (exact) mass is 477 g/mol. The van der Waals surface area contributed by atoms with Crippen LogP contribution in [-0.4, -0.2) is 62.0 Å². The summed E-state index contributed by atoms with van der Waals surface area (Å²) < 4.78 is 12.4. The normalized spacial score (nSPS) is 13.1. The van der Waals surface area contributed by atoms with Gasteiger partial charge in [-0.1, -0.05) is 13.8 Å². The molecule has 0 radical (unpaired) electrons. The lowest BCUT2D eigenvalue weighted by Crippen LogP contribution is -2.39. The van der Waals surface area contributed by atoms with E-state index < -0.39 is 0 Å².